The van der Waals surface area contributed by atoms with Crippen LogP contribution in [-0.4, -0.2) is 15.9 Å². The maximum atomic E-state index is 11.3. The molecule has 72 valence electrons. The molecule has 0 bridgehead atoms. The maximum Gasteiger partial charge on any atom is 0.220 e. The van der Waals surface area contributed by atoms with Crippen molar-refractivity contribution in [1.82, 2.24) is 0 Å². The molecule has 0 aliphatic rings. The van der Waals surface area contributed by atoms with Gasteiger partial charge >= 0.3 is 0 Å². The van der Waals surface area contributed by atoms with E-state index >= 15 is 0 Å². The Morgan fingerprint density at radius 1 is 1.36 bits per heavy atom. The SMILES string of the molecule is O=C(C#Cc1ccccc1)C(Br)CBr. The van der Waals surface area contributed by atoms with Crippen LogP contribution in [0, 0.1) is 11.8 Å². The van der Waals surface area contributed by atoms with Crippen LogP contribution in [-0.2, 0) is 4.79 Å². The Labute approximate surface area is 100 Å². The number of carbonyl (C=O) groups excluding carboxylic acids is 1. The van der Waals surface area contributed by atoms with Crippen molar-refractivity contribution in [2.24, 2.45) is 0 Å². The summed E-state index contributed by atoms with van der Waals surface area (Å²) in [4.78, 5) is 11.1. The van der Waals surface area contributed by atoms with Crippen molar-refractivity contribution >= 4 is 37.6 Å². The predicted octanol–water partition coefficient (Wildman–Crippen LogP) is 2.77. The fourth-order valence-corrected chi connectivity index (χ4v) is 1.21. The van der Waals surface area contributed by atoms with E-state index in [0.717, 1.165) is 5.56 Å². The van der Waals surface area contributed by atoms with Crippen molar-refractivity contribution in [2.45, 2.75) is 4.83 Å². The minimum atomic E-state index is -0.223. The number of carbonyl (C=O) groups is 1. The highest BCUT2D eigenvalue weighted by Gasteiger charge is 2.09. The molecule has 1 aromatic rings. The molecular formula is C11H8Br2O. The number of ketones is 1. The largest absolute Gasteiger partial charge is 0.284 e. The number of benzene rings is 1. The highest BCUT2D eigenvalue weighted by Crippen LogP contribution is 2.04. The molecule has 0 radical (unpaired) electrons. The number of hydrogen-bond donors (Lipinski definition) is 0. The summed E-state index contributed by atoms with van der Waals surface area (Å²) in [6.07, 6.45) is 0. The van der Waals surface area contributed by atoms with Crippen LogP contribution < -0.4 is 0 Å². The van der Waals surface area contributed by atoms with Gasteiger partial charge in [0.15, 0.2) is 0 Å². The van der Waals surface area contributed by atoms with E-state index in [1.54, 1.807) is 0 Å². The van der Waals surface area contributed by atoms with E-state index in [0.29, 0.717) is 5.33 Å². The first-order chi connectivity index (χ1) is 6.74. The lowest BCUT2D eigenvalue weighted by Gasteiger charge is -1.95. The molecule has 1 unspecified atom stereocenters. The third kappa shape index (κ3) is 3.65. The zero-order chi connectivity index (χ0) is 10.4. The molecule has 0 aliphatic carbocycles. The molecule has 0 N–H and O–H groups in total. The molecule has 1 aromatic carbocycles. The summed E-state index contributed by atoms with van der Waals surface area (Å²) < 4.78 is 0. The topological polar surface area (TPSA) is 17.1 Å². The lowest BCUT2D eigenvalue weighted by Crippen LogP contribution is -2.12. The molecule has 0 fully saturated rings. The molecule has 0 saturated heterocycles. The van der Waals surface area contributed by atoms with Gasteiger partial charge in [-0.1, -0.05) is 56.0 Å². The summed E-state index contributed by atoms with van der Waals surface area (Å²) >= 11 is 6.42. The average molecular weight is 316 g/mol. The number of hydrogen-bond acceptors (Lipinski definition) is 1. The second-order valence-corrected chi connectivity index (χ2v) is 4.35. The van der Waals surface area contributed by atoms with E-state index in [2.05, 4.69) is 43.7 Å². The zero-order valence-corrected chi connectivity index (χ0v) is 10.5. The van der Waals surface area contributed by atoms with Crippen LogP contribution >= 0.6 is 31.9 Å². The normalized spacial score (nSPS) is 11.3. The Hall–Kier alpha value is -0.590. The molecule has 0 heterocycles. The first kappa shape index (κ1) is 11.5. The molecule has 14 heavy (non-hydrogen) atoms. The monoisotopic (exact) mass is 314 g/mol. The lowest BCUT2D eigenvalue weighted by molar-refractivity contribution is -0.112. The highest BCUT2D eigenvalue weighted by molar-refractivity contribution is 9.12. The van der Waals surface area contributed by atoms with Gasteiger partial charge < -0.3 is 0 Å². The van der Waals surface area contributed by atoms with Crippen molar-refractivity contribution in [3.05, 3.63) is 35.9 Å². The van der Waals surface area contributed by atoms with Gasteiger partial charge in [-0.3, -0.25) is 4.79 Å². The molecule has 0 amide bonds. The van der Waals surface area contributed by atoms with Gasteiger partial charge in [0, 0.05) is 10.9 Å². The van der Waals surface area contributed by atoms with Gasteiger partial charge in [-0.25, -0.2) is 0 Å². The summed E-state index contributed by atoms with van der Waals surface area (Å²) in [5.41, 5.74) is 0.857. The summed E-state index contributed by atoms with van der Waals surface area (Å²) in [7, 11) is 0. The van der Waals surface area contributed by atoms with Gasteiger partial charge in [-0.2, -0.15) is 0 Å². The third-order valence-electron chi connectivity index (χ3n) is 1.52. The minimum absolute atomic E-state index is 0.106. The average Bonchev–Trinajstić information content (AvgIpc) is 2.26. The van der Waals surface area contributed by atoms with Crippen molar-refractivity contribution < 1.29 is 4.79 Å². The van der Waals surface area contributed by atoms with E-state index < -0.39 is 0 Å². The molecular weight excluding hydrogens is 308 g/mol. The van der Waals surface area contributed by atoms with Gasteiger partial charge in [-0.05, 0) is 18.1 Å². The second kappa shape index (κ2) is 6.00. The van der Waals surface area contributed by atoms with E-state index in [1.807, 2.05) is 30.3 Å². The van der Waals surface area contributed by atoms with Crippen LogP contribution in [0.15, 0.2) is 30.3 Å². The van der Waals surface area contributed by atoms with Gasteiger partial charge in [0.2, 0.25) is 5.78 Å². The standard InChI is InChI=1S/C11H8Br2O/c12-8-10(13)11(14)7-6-9-4-2-1-3-5-9/h1-5,10H,8H2. The zero-order valence-electron chi connectivity index (χ0n) is 7.34. The number of alkyl halides is 2. The van der Waals surface area contributed by atoms with Crippen molar-refractivity contribution in [3.63, 3.8) is 0 Å². The molecule has 0 aliphatic heterocycles. The van der Waals surface area contributed by atoms with Crippen molar-refractivity contribution in [2.75, 3.05) is 5.33 Å². The number of rotatable bonds is 2. The quantitative estimate of drug-likeness (QED) is 0.606. The van der Waals surface area contributed by atoms with Gasteiger partial charge in [0.25, 0.3) is 0 Å². The highest BCUT2D eigenvalue weighted by atomic mass is 79.9. The fraction of sp³-hybridized carbons (Fsp3) is 0.182. The first-order valence-corrected chi connectivity index (χ1v) is 6.08. The third-order valence-corrected chi connectivity index (χ3v) is 3.78. The fourth-order valence-electron chi connectivity index (χ4n) is 0.804. The van der Waals surface area contributed by atoms with Crippen LogP contribution in [0.1, 0.15) is 5.56 Å². The van der Waals surface area contributed by atoms with Crippen LogP contribution in [0.3, 0.4) is 0 Å². The molecule has 0 aromatic heterocycles. The maximum absolute atomic E-state index is 11.3. The molecule has 1 rings (SSSR count). The second-order valence-electron chi connectivity index (χ2n) is 2.60. The molecule has 0 spiro atoms. The molecule has 1 nitrogen and oxygen atoms in total. The molecule has 1 atom stereocenters. The summed E-state index contributed by atoms with van der Waals surface area (Å²) in [6, 6.07) is 9.45. The van der Waals surface area contributed by atoms with Gasteiger partial charge in [0.05, 0.1) is 4.83 Å². The Kier molecular flexibility index (Phi) is 4.92. The Morgan fingerprint density at radius 3 is 2.57 bits per heavy atom. The number of Topliss-reactive ketones (excluding diaryl/α,β-unsaturated/α-hetero) is 1. The smallest absolute Gasteiger partial charge is 0.220 e. The lowest BCUT2D eigenvalue weighted by atomic mass is 10.2. The van der Waals surface area contributed by atoms with Gasteiger partial charge in [0.1, 0.15) is 0 Å². The Balaban J connectivity index is 2.69. The van der Waals surface area contributed by atoms with Crippen LogP contribution in [0.2, 0.25) is 0 Å². The Bertz CT molecular complexity index is 362. The summed E-state index contributed by atoms with van der Waals surface area (Å²) in [6.45, 7) is 0. The van der Waals surface area contributed by atoms with E-state index in [4.69, 9.17) is 0 Å². The predicted molar refractivity (Wildman–Crippen MR) is 64.8 cm³/mol. The Morgan fingerprint density at radius 2 is 2.00 bits per heavy atom. The van der Waals surface area contributed by atoms with Crippen molar-refractivity contribution in [3.8, 4) is 11.8 Å². The van der Waals surface area contributed by atoms with Gasteiger partial charge in [-0.15, -0.1) is 0 Å². The molecule has 0 saturated carbocycles. The van der Waals surface area contributed by atoms with Crippen molar-refractivity contribution in [1.29, 1.82) is 0 Å². The minimum Gasteiger partial charge on any atom is -0.284 e. The molecule has 3 heteroatoms. The summed E-state index contributed by atoms with van der Waals surface area (Å²) in [5.74, 6) is 5.29. The van der Waals surface area contributed by atoms with Crippen LogP contribution in [0.4, 0.5) is 0 Å². The van der Waals surface area contributed by atoms with Crippen LogP contribution in [0.25, 0.3) is 0 Å². The van der Waals surface area contributed by atoms with E-state index in [9.17, 15) is 4.79 Å². The number of halogens is 2. The first-order valence-electron chi connectivity index (χ1n) is 4.05. The van der Waals surface area contributed by atoms with E-state index in [1.165, 1.54) is 0 Å². The summed E-state index contributed by atoms with van der Waals surface area (Å²) in [5, 5.41) is 0.579. The van der Waals surface area contributed by atoms with E-state index in [-0.39, 0.29) is 10.6 Å². The van der Waals surface area contributed by atoms with Crippen LogP contribution in [0.5, 0.6) is 0 Å².